The van der Waals surface area contributed by atoms with Gasteiger partial charge in [0.1, 0.15) is 11.6 Å². The minimum atomic E-state index is -4.98. The van der Waals surface area contributed by atoms with E-state index in [0.717, 1.165) is 25.3 Å². The van der Waals surface area contributed by atoms with Crippen molar-refractivity contribution >= 4 is 28.9 Å². The van der Waals surface area contributed by atoms with Crippen molar-refractivity contribution in [2.24, 2.45) is 16.6 Å². The molecule has 0 aromatic heterocycles. The second kappa shape index (κ2) is 9.09. The average molecular weight is 419 g/mol. The molecule has 0 spiro atoms. The summed E-state index contributed by atoms with van der Waals surface area (Å²) in [6.45, 7) is 3.60. The third kappa shape index (κ3) is 5.72. The quantitative estimate of drug-likeness (QED) is 0.354. The van der Waals surface area contributed by atoms with E-state index < -0.39 is 35.0 Å². The van der Waals surface area contributed by atoms with E-state index in [1.807, 2.05) is 0 Å². The normalized spacial score (nSPS) is 15.8. The summed E-state index contributed by atoms with van der Waals surface area (Å²) in [5.74, 6) is -2.07. The largest absolute Gasteiger partial charge is 0.434 e. The van der Waals surface area contributed by atoms with E-state index in [1.165, 1.54) is 12.1 Å². The predicted molar refractivity (Wildman–Crippen MR) is 100 cm³/mol. The first-order valence-corrected chi connectivity index (χ1v) is 8.77. The van der Waals surface area contributed by atoms with Crippen LogP contribution in [0.4, 0.5) is 23.2 Å². The highest BCUT2D eigenvalue weighted by Crippen LogP contribution is 2.27. The maximum atomic E-state index is 13.8. The zero-order valence-corrected chi connectivity index (χ0v) is 15.5. The molecular weight excluding hydrogens is 400 g/mol. The second-order valence-corrected chi connectivity index (χ2v) is 6.68. The van der Waals surface area contributed by atoms with Gasteiger partial charge in [0, 0.05) is 17.8 Å². The third-order valence-corrected chi connectivity index (χ3v) is 4.40. The zero-order chi connectivity index (χ0) is 20.9. The van der Waals surface area contributed by atoms with Crippen LogP contribution in [-0.4, -0.2) is 24.3 Å². The van der Waals surface area contributed by atoms with Crippen LogP contribution in [0.3, 0.4) is 0 Å². The number of carbonyl (C=O) groups is 1. The number of rotatable bonds is 7. The molecule has 2 rings (SSSR count). The molecule has 1 aromatic rings. The Labute approximate surface area is 164 Å². The molecule has 0 bridgehead atoms. The van der Waals surface area contributed by atoms with E-state index >= 15 is 0 Å². The molecule has 28 heavy (non-hydrogen) atoms. The molecule has 5 nitrogen and oxygen atoms in total. The highest BCUT2D eigenvalue weighted by Gasteiger charge is 2.40. The van der Waals surface area contributed by atoms with Crippen molar-refractivity contribution in [2.45, 2.75) is 25.4 Å². The van der Waals surface area contributed by atoms with Gasteiger partial charge < -0.3 is 16.4 Å². The van der Waals surface area contributed by atoms with Gasteiger partial charge in [-0.15, -0.1) is 0 Å². The molecule has 10 heteroatoms. The van der Waals surface area contributed by atoms with E-state index in [-0.39, 0.29) is 23.2 Å². The van der Waals surface area contributed by atoms with Gasteiger partial charge in [-0.1, -0.05) is 24.6 Å². The van der Waals surface area contributed by atoms with Crippen LogP contribution in [0.15, 0.2) is 47.4 Å². The van der Waals surface area contributed by atoms with E-state index in [4.69, 9.17) is 17.3 Å². The molecule has 0 radical (unpaired) electrons. The van der Waals surface area contributed by atoms with Crippen LogP contribution in [0.2, 0.25) is 5.02 Å². The monoisotopic (exact) mass is 418 g/mol. The number of nitrogens with zero attached hydrogens (tertiary/aromatic N) is 1. The Hall–Kier alpha value is -2.55. The number of hydrogen-bond donors (Lipinski definition) is 3. The van der Waals surface area contributed by atoms with Crippen LogP contribution in [0.5, 0.6) is 0 Å². The van der Waals surface area contributed by atoms with Crippen molar-refractivity contribution in [3.05, 3.63) is 53.2 Å². The topological polar surface area (TPSA) is 79.5 Å². The molecule has 4 N–H and O–H groups in total. The first kappa shape index (κ1) is 21.7. The summed E-state index contributed by atoms with van der Waals surface area (Å²) in [6, 6.07) is 3.54. The van der Waals surface area contributed by atoms with Crippen LogP contribution in [0.25, 0.3) is 0 Å². The lowest BCUT2D eigenvalue weighted by atomic mass is 9.85. The summed E-state index contributed by atoms with van der Waals surface area (Å²) in [7, 11) is 0. The lowest BCUT2D eigenvalue weighted by Crippen LogP contribution is -2.38. The van der Waals surface area contributed by atoms with Gasteiger partial charge >= 0.3 is 6.18 Å². The number of hydrogen-bond acceptors (Lipinski definition) is 4. The van der Waals surface area contributed by atoms with Crippen molar-refractivity contribution in [1.29, 1.82) is 0 Å². The van der Waals surface area contributed by atoms with E-state index in [9.17, 15) is 22.4 Å². The fraction of sp³-hybridized carbons (Fsp3) is 0.333. The Morgan fingerprint density at radius 1 is 1.39 bits per heavy atom. The summed E-state index contributed by atoms with van der Waals surface area (Å²) >= 11 is 5.63. The lowest BCUT2D eigenvalue weighted by molar-refractivity contribution is -0.118. The summed E-state index contributed by atoms with van der Waals surface area (Å²) in [6.07, 6.45) is -1.59. The van der Waals surface area contributed by atoms with E-state index in [0.29, 0.717) is 6.20 Å². The molecule has 1 fully saturated rings. The molecule has 0 atom stereocenters. The van der Waals surface area contributed by atoms with Gasteiger partial charge in [-0.05, 0) is 37.0 Å². The first-order chi connectivity index (χ1) is 13.1. The van der Waals surface area contributed by atoms with Gasteiger partial charge in [-0.2, -0.15) is 13.2 Å². The minimum absolute atomic E-state index is 0.115. The molecule has 1 amide bonds. The molecule has 0 heterocycles. The highest BCUT2D eigenvalue weighted by atomic mass is 35.5. The maximum absolute atomic E-state index is 13.8. The number of aliphatic imine (C=N–C) groups is 1. The van der Waals surface area contributed by atoms with E-state index in [1.54, 1.807) is 0 Å². The number of anilines is 1. The number of amides is 1. The lowest BCUT2D eigenvalue weighted by Gasteiger charge is -2.25. The first-order valence-electron chi connectivity index (χ1n) is 8.39. The van der Waals surface area contributed by atoms with Crippen LogP contribution >= 0.6 is 11.6 Å². The number of halogens is 5. The highest BCUT2D eigenvalue weighted by molar-refractivity contribution is 6.30. The van der Waals surface area contributed by atoms with Crippen LogP contribution in [0, 0.1) is 11.7 Å². The van der Waals surface area contributed by atoms with Gasteiger partial charge in [0.05, 0.1) is 11.3 Å². The van der Waals surface area contributed by atoms with Crippen molar-refractivity contribution in [3.63, 3.8) is 0 Å². The van der Waals surface area contributed by atoms with Crippen LogP contribution in [-0.2, 0) is 4.79 Å². The minimum Gasteiger partial charge on any atom is -0.404 e. The summed E-state index contributed by atoms with van der Waals surface area (Å²) in [5.41, 5.74) is 2.72. The smallest absolute Gasteiger partial charge is 0.404 e. The van der Waals surface area contributed by atoms with Crippen molar-refractivity contribution < 1.29 is 22.4 Å². The van der Waals surface area contributed by atoms with E-state index in [2.05, 4.69) is 22.2 Å². The Bertz CT molecular complexity index is 816. The van der Waals surface area contributed by atoms with Crippen LogP contribution in [0.1, 0.15) is 19.3 Å². The number of benzene rings is 1. The molecular formula is C18H19ClF4N4O. The molecule has 1 saturated carbocycles. The van der Waals surface area contributed by atoms with Gasteiger partial charge in [-0.3, -0.25) is 4.79 Å². The fourth-order valence-corrected chi connectivity index (χ4v) is 2.64. The average Bonchev–Trinajstić information content (AvgIpc) is 2.55. The Balaban J connectivity index is 2.20. The van der Waals surface area contributed by atoms with Gasteiger partial charge in [0.25, 0.3) is 5.91 Å². The number of nitrogens with one attached hydrogen (secondary N) is 2. The predicted octanol–water partition coefficient (Wildman–Crippen LogP) is 4.12. The maximum Gasteiger partial charge on any atom is 0.434 e. The summed E-state index contributed by atoms with van der Waals surface area (Å²) < 4.78 is 54.2. The standard InChI is InChI=1S/C18H19ClF4N4O/c1-10(26-15-6-5-12(19)7-14(15)20)27-16(18(21,22)23)13(8-24)17(28)25-9-11-3-2-4-11/h5-8,11,26H,1-4,9,24H2,(H,25,28)/b13-8+,27-16+. The molecule has 0 unspecified atom stereocenters. The number of carbonyl (C=O) groups excluding carboxylic acids is 1. The van der Waals surface area contributed by atoms with Crippen LogP contribution < -0.4 is 16.4 Å². The fourth-order valence-electron chi connectivity index (χ4n) is 2.48. The second-order valence-electron chi connectivity index (χ2n) is 6.24. The Morgan fingerprint density at radius 2 is 2.07 bits per heavy atom. The van der Waals surface area contributed by atoms with Crippen molar-refractivity contribution in [2.75, 3.05) is 11.9 Å². The molecule has 152 valence electrons. The van der Waals surface area contributed by atoms with Crippen molar-refractivity contribution in [1.82, 2.24) is 5.32 Å². The SMILES string of the molecule is C=C(/N=C(\C(=C/N)C(=O)NCC1CCC1)C(F)(F)F)Nc1ccc(Cl)cc1F. The Kier molecular flexibility index (Phi) is 7.06. The summed E-state index contributed by atoms with van der Waals surface area (Å²) in [4.78, 5) is 15.5. The zero-order valence-electron chi connectivity index (χ0n) is 14.7. The molecule has 1 aliphatic rings. The van der Waals surface area contributed by atoms with Gasteiger partial charge in [0.2, 0.25) is 0 Å². The van der Waals surface area contributed by atoms with Gasteiger partial charge in [-0.25, -0.2) is 9.38 Å². The summed E-state index contributed by atoms with van der Waals surface area (Å²) in [5, 5.41) is 4.86. The molecule has 1 aromatic carbocycles. The number of alkyl halides is 3. The van der Waals surface area contributed by atoms with Gasteiger partial charge in [0.15, 0.2) is 5.71 Å². The molecule has 1 aliphatic carbocycles. The Morgan fingerprint density at radius 3 is 2.57 bits per heavy atom. The molecule has 0 aliphatic heterocycles. The van der Waals surface area contributed by atoms with Crippen molar-refractivity contribution in [3.8, 4) is 0 Å². The molecule has 0 saturated heterocycles. The number of nitrogens with two attached hydrogens (primary N) is 1. The third-order valence-electron chi connectivity index (χ3n) is 4.17.